The van der Waals surface area contributed by atoms with Crippen molar-refractivity contribution < 1.29 is 24.2 Å². The minimum atomic E-state index is -1.01. The number of aromatic carboxylic acids is 1. The van der Waals surface area contributed by atoms with Crippen LogP contribution in [-0.2, 0) is 17.8 Å². The van der Waals surface area contributed by atoms with Crippen LogP contribution in [0.15, 0.2) is 72.8 Å². The molecule has 0 radical (unpaired) electrons. The van der Waals surface area contributed by atoms with Gasteiger partial charge in [0.15, 0.2) is 18.1 Å². The summed E-state index contributed by atoms with van der Waals surface area (Å²) in [4.78, 5) is 26.2. The predicted molar refractivity (Wildman–Crippen MR) is 119 cm³/mol. The SMILES string of the molecule is CCc1ccccc1N(Cc1cccc(C(=O)O)c1)C(=O)COc1ccccc1OC. The highest BCUT2D eigenvalue weighted by molar-refractivity contribution is 5.95. The average molecular weight is 419 g/mol. The van der Waals surface area contributed by atoms with Gasteiger partial charge in [-0.05, 0) is 47.9 Å². The van der Waals surface area contributed by atoms with Crippen molar-refractivity contribution in [2.75, 3.05) is 18.6 Å². The van der Waals surface area contributed by atoms with E-state index < -0.39 is 5.97 Å². The topological polar surface area (TPSA) is 76.1 Å². The zero-order valence-electron chi connectivity index (χ0n) is 17.6. The first-order valence-corrected chi connectivity index (χ1v) is 9.99. The van der Waals surface area contributed by atoms with Crippen LogP contribution < -0.4 is 14.4 Å². The van der Waals surface area contributed by atoms with Gasteiger partial charge < -0.3 is 19.5 Å². The molecule has 3 rings (SSSR count). The molecule has 0 saturated carbocycles. The molecule has 0 unspecified atom stereocenters. The van der Waals surface area contributed by atoms with Gasteiger partial charge in [-0.3, -0.25) is 4.79 Å². The van der Waals surface area contributed by atoms with E-state index in [2.05, 4.69) is 0 Å². The first-order valence-electron chi connectivity index (χ1n) is 9.99. The first-order chi connectivity index (χ1) is 15.0. The lowest BCUT2D eigenvalue weighted by Gasteiger charge is -2.25. The maximum Gasteiger partial charge on any atom is 0.335 e. The van der Waals surface area contributed by atoms with E-state index in [0.717, 1.165) is 23.2 Å². The highest BCUT2D eigenvalue weighted by Gasteiger charge is 2.20. The number of carbonyl (C=O) groups is 2. The maximum atomic E-state index is 13.3. The molecule has 0 spiro atoms. The van der Waals surface area contributed by atoms with Gasteiger partial charge in [-0.2, -0.15) is 0 Å². The van der Waals surface area contributed by atoms with E-state index in [9.17, 15) is 14.7 Å². The van der Waals surface area contributed by atoms with Crippen molar-refractivity contribution in [1.29, 1.82) is 0 Å². The number of amides is 1. The third-order valence-corrected chi connectivity index (χ3v) is 4.90. The fourth-order valence-corrected chi connectivity index (χ4v) is 3.32. The van der Waals surface area contributed by atoms with Crippen LogP contribution in [0, 0.1) is 0 Å². The maximum absolute atomic E-state index is 13.3. The summed E-state index contributed by atoms with van der Waals surface area (Å²) in [5.41, 5.74) is 2.69. The molecule has 1 N–H and O–H groups in total. The quantitative estimate of drug-likeness (QED) is 0.550. The normalized spacial score (nSPS) is 10.4. The molecule has 0 heterocycles. The van der Waals surface area contributed by atoms with Crippen LogP contribution in [0.5, 0.6) is 11.5 Å². The molecule has 1 amide bonds. The molecular weight excluding hydrogens is 394 g/mol. The van der Waals surface area contributed by atoms with Gasteiger partial charge in [-0.1, -0.05) is 49.4 Å². The lowest BCUT2D eigenvalue weighted by Crippen LogP contribution is -2.35. The van der Waals surface area contributed by atoms with Crippen molar-refractivity contribution in [3.05, 3.63) is 89.5 Å². The van der Waals surface area contributed by atoms with Crippen LogP contribution in [0.1, 0.15) is 28.4 Å². The number of carboxylic acid groups (broad SMARTS) is 1. The molecule has 0 saturated heterocycles. The first kappa shape index (κ1) is 21.9. The molecule has 0 bridgehead atoms. The van der Waals surface area contributed by atoms with Crippen molar-refractivity contribution in [2.24, 2.45) is 0 Å². The standard InChI is InChI=1S/C25H25NO5/c1-3-19-10-4-5-12-21(19)26(16-18-9-8-11-20(15-18)25(28)29)24(27)17-31-23-14-7-6-13-22(23)30-2/h4-15H,3,16-17H2,1-2H3,(H,28,29). The van der Waals surface area contributed by atoms with Gasteiger partial charge in [0.05, 0.1) is 19.2 Å². The van der Waals surface area contributed by atoms with Gasteiger partial charge in [-0.25, -0.2) is 4.79 Å². The minimum absolute atomic E-state index is 0.180. The number of hydrogen-bond acceptors (Lipinski definition) is 4. The Bertz CT molecular complexity index is 1060. The molecule has 6 heteroatoms. The summed E-state index contributed by atoms with van der Waals surface area (Å²) in [6.07, 6.45) is 0.752. The Morgan fingerprint density at radius 3 is 2.35 bits per heavy atom. The monoisotopic (exact) mass is 419 g/mol. The van der Waals surface area contributed by atoms with Crippen molar-refractivity contribution in [2.45, 2.75) is 19.9 Å². The average Bonchev–Trinajstić information content (AvgIpc) is 2.81. The van der Waals surface area contributed by atoms with Crippen LogP contribution in [-0.4, -0.2) is 30.7 Å². The van der Waals surface area contributed by atoms with E-state index >= 15 is 0 Å². The molecule has 0 aliphatic heterocycles. The Kier molecular flexibility index (Phi) is 7.27. The second kappa shape index (κ2) is 10.3. The molecule has 6 nitrogen and oxygen atoms in total. The fourth-order valence-electron chi connectivity index (χ4n) is 3.32. The third-order valence-electron chi connectivity index (χ3n) is 4.90. The molecule has 0 aliphatic carbocycles. The van der Waals surface area contributed by atoms with Gasteiger partial charge in [0, 0.05) is 5.69 Å². The summed E-state index contributed by atoms with van der Waals surface area (Å²) in [5.74, 6) is -0.222. The fraction of sp³-hybridized carbons (Fsp3) is 0.200. The van der Waals surface area contributed by atoms with Crippen LogP contribution in [0.4, 0.5) is 5.69 Å². The number of rotatable bonds is 9. The van der Waals surface area contributed by atoms with E-state index in [1.165, 1.54) is 6.07 Å². The molecule has 0 atom stereocenters. The Morgan fingerprint density at radius 1 is 0.935 bits per heavy atom. The summed E-state index contributed by atoms with van der Waals surface area (Å²) >= 11 is 0. The van der Waals surface area contributed by atoms with E-state index in [1.807, 2.05) is 49.4 Å². The Morgan fingerprint density at radius 2 is 1.65 bits per heavy atom. The molecule has 0 fully saturated rings. The van der Waals surface area contributed by atoms with Crippen molar-refractivity contribution in [3.63, 3.8) is 0 Å². The van der Waals surface area contributed by atoms with Gasteiger partial charge in [0.2, 0.25) is 0 Å². The van der Waals surface area contributed by atoms with Gasteiger partial charge in [-0.15, -0.1) is 0 Å². The molecular formula is C25H25NO5. The number of anilines is 1. The number of methoxy groups -OCH3 is 1. The lowest BCUT2D eigenvalue weighted by molar-refractivity contribution is -0.120. The number of carbonyl (C=O) groups excluding carboxylic acids is 1. The molecule has 3 aromatic rings. The van der Waals surface area contributed by atoms with Crippen LogP contribution >= 0.6 is 0 Å². The second-order valence-electron chi connectivity index (χ2n) is 6.91. The summed E-state index contributed by atoms with van der Waals surface area (Å²) in [5, 5.41) is 9.30. The number of ether oxygens (including phenoxy) is 2. The lowest BCUT2D eigenvalue weighted by atomic mass is 10.1. The van der Waals surface area contributed by atoms with Gasteiger partial charge in [0.1, 0.15) is 0 Å². The highest BCUT2D eigenvalue weighted by Crippen LogP contribution is 2.27. The smallest absolute Gasteiger partial charge is 0.335 e. The third kappa shape index (κ3) is 5.42. The van der Waals surface area contributed by atoms with Crippen LogP contribution in [0.25, 0.3) is 0 Å². The van der Waals surface area contributed by atoms with Crippen molar-refractivity contribution in [1.82, 2.24) is 0 Å². The van der Waals surface area contributed by atoms with Crippen molar-refractivity contribution >= 4 is 17.6 Å². The largest absolute Gasteiger partial charge is 0.493 e. The van der Waals surface area contributed by atoms with E-state index in [-0.39, 0.29) is 24.6 Å². The minimum Gasteiger partial charge on any atom is -0.493 e. The van der Waals surface area contributed by atoms with Gasteiger partial charge >= 0.3 is 5.97 Å². The molecule has 3 aromatic carbocycles. The number of carboxylic acids is 1. The molecule has 0 aliphatic rings. The highest BCUT2D eigenvalue weighted by atomic mass is 16.5. The molecule has 160 valence electrons. The summed E-state index contributed by atoms with van der Waals surface area (Å²) < 4.78 is 11.0. The molecule has 31 heavy (non-hydrogen) atoms. The number of hydrogen-bond donors (Lipinski definition) is 1. The van der Waals surface area contributed by atoms with E-state index in [0.29, 0.717) is 11.5 Å². The predicted octanol–water partition coefficient (Wildman–Crippen LogP) is 4.57. The second-order valence-corrected chi connectivity index (χ2v) is 6.91. The number of para-hydroxylation sites is 3. The summed E-state index contributed by atoms with van der Waals surface area (Å²) in [6.45, 7) is 2.07. The van der Waals surface area contributed by atoms with Gasteiger partial charge in [0.25, 0.3) is 5.91 Å². The zero-order valence-corrected chi connectivity index (χ0v) is 17.6. The number of aryl methyl sites for hydroxylation is 1. The van der Waals surface area contributed by atoms with E-state index in [1.54, 1.807) is 36.3 Å². The van der Waals surface area contributed by atoms with Crippen LogP contribution in [0.2, 0.25) is 0 Å². The number of nitrogens with zero attached hydrogens (tertiary/aromatic N) is 1. The van der Waals surface area contributed by atoms with E-state index in [4.69, 9.17) is 9.47 Å². The van der Waals surface area contributed by atoms with Crippen molar-refractivity contribution in [3.8, 4) is 11.5 Å². The van der Waals surface area contributed by atoms with Crippen LogP contribution in [0.3, 0.4) is 0 Å². The molecule has 0 aromatic heterocycles. The Hall–Kier alpha value is -3.80. The Balaban J connectivity index is 1.89. The summed E-state index contributed by atoms with van der Waals surface area (Å²) in [7, 11) is 1.54. The number of benzene rings is 3. The zero-order chi connectivity index (χ0) is 22.2. The summed E-state index contributed by atoms with van der Waals surface area (Å²) in [6, 6.07) is 21.4. The Labute approximate surface area is 181 Å².